The number of hydrogen-bond acceptors (Lipinski definition) is 8. The second-order valence-corrected chi connectivity index (χ2v) is 14.1. The van der Waals surface area contributed by atoms with Crippen molar-refractivity contribution in [1.82, 2.24) is 51.3 Å². The van der Waals surface area contributed by atoms with Crippen LogP contribution in [0.25, 0.3) is 0 Å². The minimum absolute atomic E-state index is 0.278. The summed E-state index contributed by atoms with van der Waals surface area (Å²) in [4.78, 5) is 0. The molecule has 10 heteroatoms. The molecular weight excluding hydrogens is 693 g/mol. The van der Waals surface area contributed by atoms with Gasteiger partial charge in [0, 0.05) is 76.6 Å². The highest BCUT2D eigenvalue weighted by molar-refractivity contribution is 5.34. The molecule has 0 aliphatic rings. The molecule has 5 aromatic carbocycles. The van der Waals surface area contributed by atoms with Gasteiger partial charge in [-0.25, -0.2) is 0 Å². The highest BCUT2D eigenvalue weighted by atomic mass is 15.4. The van der Waals surface area contributed by atoms with Gasteiger partial charge in [0.1, 0.15) is 0 Å². The van der Waals surface area contributed by atoms with E-state index in [1.807, 2.05) is 21.8 Å². The summed E-state index contributed by atoms with van der Waals surface area (Å²) in [5.41, 5.74) is 9.61. The second kappa shape index (κ2) is 20.8. The number of hydrogen-bond donors (Lipinski definition) is 4. The van der Waals surface area contributed by atoms with Crippen LogP contribution < -0.4 is 21.3 Å². The molecule has 0 fully saturated rings. The standard InChI is InChI=1S/C46H52N10/c1-5-13-39(14-6-1)45(40-15-7-2-8-16-40)33-49-31-43-35-55(53-51-43)27-25-47-29-37-21-23-38(24-22-37)30-48-26-28-56-36-44(52-54-56)32-50-34-46(41-17-9-3-10-18-41)42-19-11-4-12-20-42/h1-24,35-36,45-50H,25-34H2. The predicted octanol–water partition coefficient (Wildman–Crippen LogP) is 6.29. The Hall–Kier alpha value is -5.78. The van der Waals surface area contributed by atoms with Crippen molar-refractivity contribution >= 4 is 0 Å². The van der Waals surface area contributed by atoms with Crippen LogP contribution in [0.1, 0.15) is 56.6 Å². The van der Waals surface area contributed by atoms with E-state index < -0.39 is 0 Å². The van der Waals surface area contributed by atoms with E-state index in [0.29, 0.717) is 13.1 Å². The first-order valence-corrected chi connectivity index (χ1v) is 19.7. The molecule has 0 aliphatic heterocycles. The Balaban J connectivity index is 0.760. The highest BCUT2D eigenvalue weighted by Gasteiger charge is 2.15. The zero-order chi connectivity index (χ0) is 38.0. The van der Waals surface area contributed by atoms with E-state index in [9.17, 15) is 0 Å². The first-order valence-electron chi connectivity index (χ1n) is 19.7. The minimum Gasteiger partial charge on any atom is -0.311 e. The molecule has 56 heavy (non-hydrogen) atoms. The largest absolute Gasteiger partial charge is 0.311 e. The third-order valence-electron chi connectivity index (χ3n) is 10.0. The summed E-state index contributed by atoms with van der Waals surface area (Å²) in [6.07, 6.45) is 4.07. The maximum atomic E-state index is 4.39. The molecule has 0 bridgehead atoms. The Morgan fingerprint density at radius 1 is 0.393 bits per heavy atom. The normalized spacial score (nSPS) is 11.5. The van der Waals surface area contributed by atoms with Gasteiger partial charge in [-0.3, -0.25) is 9.36 Å². The van der Waals surface area contributed by atoms with Gasteiger partial charge < -0.3 is 21.3 Å². The molecule has 0 saturated carbocycles. The number of aromatic nitrogens is 6. The molecule has 7 rings (SSSR count). The number of rotatable bonds is 22. The van der Waals surface area contributed by atoms with Crippen molar-refractivity contribution in [3.8, 4) is 0 Å². The van der Waals surface area contributed by atoms with Crippen LogP contribution in [0.5, 0.6) is 0 Å². The van der Waals surface area contributed by atoms with Crippen LogP contribution in [0.2, 0.25) is 0 Å². The van der Waals surface area contributed by atoms with E-state index in [1.165, 1.54) is 33.4 Å². The molecule has 2 heterocycles. The Morgan fingerprint density at radius 3 is 1.07 bits per heavy atom. The van der Waals surface area contributed by atoms with Crippen LogP contribution in [0.4, 0.5) is 0 Å². The fourth-order valence-corrected chi connectivity index (χ4v) is 6.97. The molecule has 0 saturated heterocycles. The van der Waals surface area contributed by atoms with Crippen LogP contribution in [0.15, 0.2) is 158 Å². The average molecular weight is 745 g/mol. The van der Waals surface area contributed by atoms with Gasteiger partial charge >= 0.3 is 0 Å². The highest BCUT2D eigenvalue weighted by Crippen LogP contribution is 2.25. The van der Waals surface area contributed by atoms with Gasteiger partial charge in [0.05, 0.1) is 24.5 Å². The van der Waals surface area contributed by atoms with Crippen LogP contribution in [-0.2, 0) is 39.3 Å². The summed E-state index contributed by atoms with van der Waals surface area (Å²) in [6.45, 7) is 7.76. The van der Waals surface area contributed by atoms with Gasteiger partial charge in [-0.1, -0.05) is 156 Å². The van der Waals surface area contributed by atoms with Crippen molar-refractivity contribution in [2.24, 2.45) is 0 Å². The molecule has 7 aromatic rings. The zero-order valence-electron chi connectivity index (χ0n) is 31.9. The van der Waals surface area contributed by atoms with E-state index in [2.05, 4.69) is 187 Å². The van der Waals surface area contributed by atoms with E-state index >= 15 is 0 Å². The van der Waals surface area contributed by atoms with Gasteiger partial charge in [-0.05, 0) is 33.4 Å². The molecule has 2 aromatic heterocycles. The molecule has 286 valence electrons. The summed E-state index contributed by atoms with van der Waals surface area (Å²) >= 11 is 0. The van der Waals surface area contributed by atoms with Gasteiger partial charge in [0.15, 0.2) is 0 Å². The zero-order valence-corrected chi connectivity index (χ0v) is 31.9. The van der Waals surface area contributed by atoms with Crippen molar-refractivity contribution in [1.29, 1.82) is 0 Å². The molecule has 10 nitrogen and oxygen atoms in total. The van der Waals surface area contributed by atoms with Crippen LogP contribution in [0, 0.1) is 0 Å². The maximum Gasteiger partial charge on any atom is 0.0964 e. The average Bonchev–Trinajstić information content (AvgIpc) is 3.92. The molecule has 4 N–H and O–H groups in total. The quantitative estimate of drug-likeness (QED) is 0.0600. The van der Waals surface area contributed by atoms with Crippen molar-refractivity contribution in [3.63, 3.8) is 0 Å². The lowest BCUT2D eigenvalue weighted by molar-refractivity contribution is 0.538. The predicted molar refractivity (Wildman–Crippen MR) is 223 cm³/mol. The molecule has 0 spiro atoms. The Morgan fingerprint density at radius 2 is 0.732 bits per heavy atom. The molecule has 0 amide bonds. The molecule has 0 atom stereocenters. The smallest absolute Gasteiger partial charge is 0.0964 e. The molecule has 0 aliphatic carbocycles. The van der Waals surface area contributed by atoms with Gasteiger partial charge in [-0.15, -0.1) is 10.2 Å². The summed E-state index contributed by atoms with van der Waals surface area (Å²) in [6, 6.07) is 51.4. The summed E-state index contributed by atoms with van der Waals surface area (Å²) in [7, 11) is 0. The number of benzene rings is 5. The first-order chi connectivity index (χ1) is 27.8. The van der Waals surface area contributed by atoms with E-state index in [-0.39, 0.29) is 11.8 Å². The van der Waals surface area contributed by atoms with Crippen molar-refractivity contribution in [2.45, 2.75) is 51.1 Å². The first kappa shape index (κ1) is 38.5. The van der Waals surface area contributed by atoms with Crippen LogP contribution in [0.3, 0.4) is 0 Å². The van der Waals surface area contributed by atoms with Crippen molar-refractivity contribution in [2.75, 3.05) is 26.2 Å². The van der Waals surface area contributed by atoms with E-state index in [1.54, 1.807) is 0 Å². The van der Waals surface area contributed by atoms with Gasteiger partial charge in [-0.2, -0.15) is 0 Å². The summed E-state index contributed by atoms with van der Waals surface area (Å²) in [5, 5.41) is 31.8. The van der Waals surface area contributed by atoms with Crippen LogP contribution >= 0.6 is 0 Å². The topological polar surface area (TPSA) is 110 Å². The van der Waals surface area contributed by atoms with Crippen molar-refractivity contribution < 1.29 is 0 Å². The fraction of sp³-hybridized carbons (Fsp3) is 0.261. The lowest BCUT2D eigenvalue weighted by Crippen LogP contribution is -2.22. The Kier molecular flexibility index (Phi) is 14.3. The van der Waals surface area contributed by atoms with E-state index in [0.717, 1.165) is 63.7 Å². The second-order valence-electron chi connectivity index (χ2n) is 14.1. The molecule has 0 radical (unpaired) electrons. The number of nitrogens with one attached hydrogen (secondary N) is 4. The monoisotopic (exact) mass is 744 g/mol. The van der Waals surface area contributed by atoms with Gasteiger partial charge in [0.25, 0.3) is 0 Å². The maximum absolute atomic E-state index is 4.39. The lowest BCUT2D eigenvalue weighted by Gasteiger charge is -2.18. The third kappa shape index (κ3) is 11.6. The molecule has 0 unspecified atom stereocenters. The van der Waals surface area contributed by atoms with E-state index in [4.69, 9.17) is 0 Å². The van der Waals surface area contributed by atoms with Crippen molar-refractivity contribution in [3.05, 3.63) is 203 Å². The minimum atomic E-state index is 0.278. The SMILES string of the molecule is c1ccc(C(CNCc2cn(CCNCc3ccc(CNCCn4cc(CNCC(c5ccccc5)c5ccccc5)nn4)cc3)nn2)c2ccccc2)cc1. The number of nitrogens with zero attached hydrogens (tertiary/aromatic N) is 6. The third-order valence-corrected chi connectivity index (χ3v) is 10.0. The summed E-state index contributed by atoms with van der Waals surface area (Å²) in [5.74, 6) is 0.557. The lowest BCUT2D eigenvalue weighted by atomic mass is 9.91. The Bertz CT molecular complexity index is 1880. The molecular formula is C46H52N10. The van der Waals surface area contributed by atoms with Gasteiger partial charge in [0.2, 0.25) is 0 Å². The van der Waals surface area contributed by atoms with Crippen LogP contribution in [-0.4, -0.2) is 56.2 Å². The summed E-state index contributed by atoms with van der Waals surface area (Å²) < 4.78 is 3.83. The Labute approximate surface area is 330 Å². The fourth-order valence-electron chi connectivity index (χ4n) is 6.97.